The van der Waals surface area contributed by atoms with Gasteiger partial charge in [0.1, 0.15) is 23.9 Å². The Morgan fingerprint density at radius 2 is 1.57 bits per heavy atom. The average molecular weight is 559 g/mol. The molecule has 2 aliphatic heterocycles. The molecule has 3 atom stereocenters. The van der Waals surface area contributed by atoms with Crippen molar-refractivity contribution in [2.75, 3.05) is 19.6 Å². The van der Waals surface area contributed by atoms with Gasteiger partial charge in [-0.05, 0) is 49.8 Å². The number of nitrogens with one attached hydrogen (secondary N) is 2. The molecule has 0 aliphatic carbocycles. The molecule has 2 aliphatic rings. The van der Waals surface area contributed by atoms with E-state index in [0.717, 1.165) is 38.5 Å². The minimum Gasteiger partial charge on any atom is -0.508 e. The third kappa shape index (κ3) is 8.69. The zero-order valence-electron chi connectivity index (χ0n) is 23.3. The Kier molecular flexibility index (Phi) is 11.8. The number of amides is 4. The van der Waals surface area contributed by atoms with Gasteiger partial charge in [-0.15, -0.1) is 0 Å². The lowest BCUT2D eigenvalue weighted by Crippen LogP contribution is -2.54. The van der Waals surface area contributed by atoms with Crippen LogP contribution < -0.4 is 10.6 Å². The standard InChI is InChI=1S/C29H42N4O7/c1-2-3-4-5-6-11-26(36)32-16-8-10-24(32)28(38)33-17-7-9-23(33)27(37)30-19-25(35)31-22(29(39)40)18-20-12-14-21(34)15-13-20/h12-15,22-24,34H,2-11,16-19H2,1H3,(H,30,37)(H,31,35)(H,39,40)/t22-,23-,24-/m0/s1. The largest absolute Gasteiger partial charge is 0.508 e. The van der Waals surface area contributed by atoms with Gasteiger partial charge in [0.05, 0.1) is 6.54 Å². The number of nitrogens with zero attached hydrogens (tertiary/aromatic N) is 2. The summed E-state index contributed by atoms with van der Waals surface area (Å²) in [5.74, 6) is -2.55. The maximum Gasteiger partial charge on any atom is 0.326 e. The second-order valence-corrected chi connectivity index (χ2v) is 10.6. The zero-order valence-corrected chi connectivity index (χ0v) is 23.3. The van der Waals surface area contributed by atoms with Crippen LogP contribution in [0.1, 0.15) is 76.7 Å². The lowest BCUT2D eigenvalue weighted by atomic mass is 10.1. The third-order valence-corrected chi connectivity index (χ3v) is 7.62. The molecule has 11 nitrogen and oxygen atoms in total. The first-order valence-corrected chi connectivity index (χ1v) is 14.4. The summed E-state index contributed by atoms with van der Waals surface area (Å²) in [5.41, 5.74) is 0.616. The lowest BCUT2D eigenvalue weighted by Gasteiger charge is -2.31. The van der Waals surface area contributed by atoms with Gasteiger partial charge in [-0.1, -0.05) is 44.7 Å². The minimum absolute atomic E-state index is 0.00948. The molecule has 0 bridgehead atoms. The highest BCUT2D eigenvalue weighted by Gasteiger charge is 2.41. The lowest BCUT2D eigenvalue weighted by molar-refractivity contribution is -0.146. The van der Waals surface area contributed by atoms with E-state index in [2.05, 4.69) is 17.6 Å². The van der Waals surface area contributed by atoms with Crippen molar-refractivity contribution in [3.05, 3.63) is 29.8 Å². The van der Waals surface area contributed by atoms with Crippen LogP contribution in [0.4, 0.5) is 0 Å². The number of unbranched alkanes of at least 4 members (excludes halogenated alkanes) is 4. The molecule has 0 spiro atoms. The van der Waals surface area contributed by atoms with E-state index in [1.54, 1.807) is 17.0 Å². The molecule has 4 amide bonds. The second kappa shape index (κ2) is 15.2. The van der Waals surface area contributed by atoms with Crippen molar-refractivity contribution < 1.29 is 34.2 Å². The van der Waals surface area contributed by atoms with Crippen molar-refractivity contribution in [3.8, 4) is 5.75 Å². The predicted molar refractivity (Wildman–Crippen MR) is 147 cm³/mol. The highest BCUT2D eigenvalue weighted by atomic mass is 16.4. The summed E-state index contributed by atoms with van der Waals surface area (Å²) in [6.45, 7) is 2.67. The van der Waals surface area contributed by atoms with E-state index in [1.165, 1.54) is 17.0 Å². The van der Waals surface area contributed by atoms with E-state index in [1.807, 2.05) is 0 Å². The zero-order chi connectivity index (χ0) is 29.1. The van der Waals surface area contributed by atoms with Gasteiger partial charge in [0, 0.05) is 25.9 Å². The van der Waals surface area contributed by atoms with Crippen molar-refractivity contribution in [3.63, 3.8) is 0 Å². The van der Waals surface area contributed by atoms with E-state index >= 15 is 0 Å². The fourth-order valence-electron chi connectivity index (χ4n) is 5.44. The highest BCUT2D eigenvalue weighted by Crippen LogP contribution is 2.26. The molecule has 11 heteroatoms. The van der Waals surface area contributed by atoms with Crippen molar-refractivity contribution in [2.45, 2.75) is 95.7 Å². The summed E-state index contributed by atoms with van der Waals surface area (Å²) in [4.78, 5) is 66.5. The molecule has 1 aromatic carbocycles. The number of carbonyl (C=O) groups excluding carboxylic acids is 4. The Bertz CT molecular complexity index is 1050. The predicted octanol–water partition coefficient (Wildman–Crippen LogP) is 1.96. The van der Waals surface area contributed by atoms with Gasteiger partial charge in [0.15, 0.2) is 0 Å². The third-order valence-electron chi connectivity index (χ3n) is 7.62. The van der Waals surface area contributed by atoms with Gasteiger partial charge in [0.2, 0.25) is 23.6 Å². The van der Waals surface area contributed by atoms with E-state index in [0.29, 0.717) is 44.3 Å². The number of benzene rings is 1. The summed E-state index contributed by atoms with van der Waals surface area (Å²) >= 11 is 0. The van der Waals surface area contributed by atoms with Gasteiger partial charge < -0.3 is 30.6 Å². The first kappa shape index (κ1) is 30.9. The summed E-state index contributed by atoms with van der Waals surface area (Å²) in [6, 6.07) is 3.49. The topological polar surface area (TPSA) is 156 Å². The van der Waals surface area contributed by atoms with Crippen LogP contribution in [0.2, 0.25) is 0 Å². The van der Waals surface area contributed by atoms with Crippen molar-refractivity contribution in [1.82, 2.24) is 20.4 Å². The minimum atomic E-state index is -1.23. The first-order valence-electron chi connectivity index (χ1n) is 14.4. The number of hydrogen-bond donors (Lipinski definition) is 4. The SMILES string of the molecule is CCCCCCCC(=O)N1CCC[C@H]1C(=O)N1CCC[C@H]1C(=O)NCC(=O)N[C@@H](Cc1ccc(O)cc1)C(=O)O. The quantitative estimate of drug-likeness (QED) is 0.254. The molecule has 3 rings (SSSR count). The molecule has 1 aromatic rings. The Balaban J connectivity index is 1.50. The van der Waals surface area contributed by atoms with Gasteiger partial charge in [-0.25, -0.2) is 4.79 Å². The number of phenols is 1. The number of aromatic hydroxyl groups is 1. The first-order chi connectivity index (χ1) is 19.2. The Morgan fingerprint density at radius 3 is 2.25 bits per heavy atom. The van der Waals surface area contributed by atoms with Crippen LogP contribution in [-0.2, 0) is 30.4 Å². The Hall–Kier alpha value is -3.63. The van der Waals surface area contributed by atoms with Crippen molar-refractivity contribution >= 4 is 29.6 Å². The van der Waals surface area contributed by atoms with Crippen LogP contribution in [0, 0.1) is 0 Å². The molecule has 220 valence electrons. The van der Waals surface area contributed by atoms with Gasteiger partial charge >= 0.3 is 5.97 Å². The van der Waals surface area contributed by atoms with Gasteiger partial charge in [-0.2, -0.15) is 0 Å². The number of carboxylic acid groups (broad SMARTS) is 1. The number of rotatable bonds is 14. The Morgan fingerprint density at radius 1 is 0.925 bits per heavy atom. The monoisotopic (exact) mass is 558 g/mol. The van der Waals surface area contributed by atoms with E-state index in [9.17, 15) is 34.2 Å². The molecule has 0 radical (unpaired) electrons. The van der Waals surface area contributed by atoms with Crippen LogP contribution >= 0.6 is 0 Å². The molecular formula is C29H42N4O7. The van der Waals surface area contributed by atoms with Crippen molar-refractivity contribution in [2.24, 2.45) is 0 Å². The maximum absolute atomic E-state index is 13.4. The molecule has 2 fully saturated rings. The van der Waals surface area contributed by atoms with E-state index < -0.39 is 42.5 Å². The Labute approximate surface area is 235 Å². The molecule has 0 saturated carbocycles. The smallest absolute Gasteiger partial charge is 0.326 e. The van der Waals surface area contributed by atoms with Gasteiger partial charge in [0.25, 0.3) is 0 Å². The number of phenolic OH excluding ortho intramolecular Hbond substituents is 1. The molecule has 2 heterocycles. The van der Waals surface area contributed by atoms with Gasteiger partial charge in [-0.3, -0.25) is 19.2 Å². The van der Waals surface area contributed by atoms with Crippen LogP contribution in [0.5, 0.6) is 5.75 Å². The van der Waals surface area contributed by atoms with Crippen LogP contribution in [0.15, 0.2) is 24.3 Å². The van der Waals surface area contributed by atoms with E-state index in [4.69, 9.17) is 0 Å². The molecule has 2 saturated heterocycles. The molecule has 0 aromatic heterocycles. The average Bonchev–Trinajstić information content (AvgIpc) is 3.62. The number of hydrogen-bond acceptors (Lipinski definition) is 6. The fraction of sp³-hybridized carbons (Fsp3) is 0.621. The molecular weight excluding hydrogens is 516 g/mol. The fourth-order valence-corrected chi connectivity index (χ4v) is 5.44. The molecule has 4 N–H and O–H groups in total. The number of carboxylic acids is 1. The van der Waals surface area contributed by atoms with Crippen LogP contribution in [0.3, 0.4) is 0 Å². The number of carbonyl (C=O) groups is 5. The van der Waals surface area contributed by atoms with Crippen LogP contribution in [0.25, 0.3) is 0 Å². The summed E-state index contributed by atoms with van der Waals surface area (Å²) in [5, 5.41) is 23.9. The highest BCUT2D eigenvalue weighted by molar-refractivity contribution is 5.94. The summed E-state index contributed by atoms with van der Waals surface area (Å²) in [6.07, 6.45) is 8.05. The summed E-state index contributed by atoms with van der Waals surface area (Å²) < 4.78 is 0. The number of aliphatic carboxylic acids is 1. The molecule has 0 unspecified atom stereocenters. The number of likely N-dealkylation sites (tertiary alicyclic amines) is 2. The second-order valence-electron chi connectivity index (χ2n) is 10.6. The van der Waals surface area contributed by atoms with Crippen LogP contribution in [-0.4, -0.2) is 87.4 Å². The van der Waals surface area contributed by atoms with Crippen molar-refractivity contribution in [1.29, 1.82) is 0 Å². The van der Waals surface area contributed by atoms with E-state index in [-0.39, 0.29) is 24.0 Å². The normalized spacial score (nSPS) is 19.3. The maximum atomic E-state index is 13.4. The summed E-state index contributed by atoms with van der Waals surface area (Å²) in [7, 11) is 0. The molecule has 40 heavy (non-hydrogen) atoms.